The number of rotatable bonds is 7. The summed E-state index contributed by atoms with van der Waals surface area (Å²) >= 11 is 0. The molecule has 1 aliphatic carbocycles. The molecule has 15 heteroatoms. The van der Waals surface area contributed by atoms with Gasteiger partial charge in [-0.05, 0) is 87.4 Å². The predicted molar refractivity (Wildman–Crippen MR) is 188 cm³/mol. The van der Waals surface area contributed by atoms with Gasteiger partial charge < -0.3 is 14.5 Å². The minimum atomic E-state index is -5.46. The number of hydrogen-bond acceptors (Lipinski definition) is 7. The standard InChI is InChI=1S/C39H46F6N4O5/c1-25-10-8-11-26(2)32(25)27-16-18-46(19-17-27)24-29-33-30(14-9-15-31(33)53-36(51)38(40,41)42)49(54-37(52)39(43,44)45)34(29)35(50)48-22-20-47(21-23-48)28-12-6-4-3-5-7-13-28/h8-11,14-15,27-28H,3-7,12-13,16-24H2,1-2H3. The molecule has 2 aliphatic heterocycles. The number of carbonyl (C=O) groups is 3. The van der Waals surface area contributed by atoms with Crippen LogP contribution in [0.25, 0.3) is 10.9 Å². The quantitative estimate of drug-likeness (QED) is 0.140. The number of esters is 1. The van der Waals surface area contributed by atoms with E-state index < -0.39 is 41.6 Å². The fourth-order valence-corrected chi connectivity index (χ4v) is 8.51. The summed E-state index contributed by atoms with van der Waals surface area (Å²) in [6.07, 6.45) is -1.59. The Hall–Kier alpha value is -4.11. The highest BCUT2D eigenvalue weighted by molar-refractivity contribution is 6.04. The third-order valence-electron chi connectivity index (χ3n) is 11.2. The second kappa shape index (κ2) is 16.3. The lowest BCUT2D eigenvalue weighted by Crippen LogP contribution is -2.52. The van der Waals surface area contributed by atoms with E-state index in [0.717, 1.165) is 48.9 Å². The van der Waals surface area contributed by atoms with Crippen molar-refractivity contribution in [2.45, 2.75) is 102 Å². The second-order valence-corrected chi connectivity index (χ2v) is 14.7. The van der Waals surface area contributed by atoms with E-state index in [2.05, 4.69) is 4.90 Å². The van der Waals surface area contributed by atoms with Crippen LogP contribution in [0.2, 0.25) is 0 Å². The Morgan fingerprint density at radius 3 is 1.89 bits per heavy atom. The Labute approximate surface area is 310 Å². The predicted octanol–water partition coefficient (Wildman–Crippen LogP) is 7.49. The lowest BCUT2D eigenvalue weighted by atomic mass is 9.84. The third kappa shape index (κ3) is 8.72. The highest BCUT2D eigenvalue weighted by atomic mass is 19.4. The molecule has 1 aromatic heterocycles. The molecule has 1 saturated carbocycles. The number of fused-ring (bicyclic) bond motifs is 1. The average Bonchev–Trinajstić information content (AvgIpc) is 3.40. The molecular formula is C39H46F6N4O5. The molecule has 6 rings (SSSR count). The number of aromatic nitrogens is 1. The zero-order chi connectivity index (χ0) is 38.8. The molecule has 2 aromatic carbocycles. The minimum absolute atomic E-state index is 0.00326. The Bertz CT molecular complexity index is 1810. The van der Waals surface area contributed by atoms with Gasteiger partial charge in [0.1, 0.15) is 5.75 Å². The molecule has 3 fully saturated rings. The van der Waals surface area contributed by atoms with Gasteiger partial charge in [-0.25, -0.2) is 9.59 Å². The van der Waals surface area contributed by atoms with Gasteiger partial charge in [-0.15, -0.1) is 0 Å². The van der Waals surface area contributed by atoms with E-state index >= 15 is 0 Å². The topological polar surface area (TPSA) is 84.3 Å². The van der Waals surface area contributed by atoms with Crippen LogP contribution in [0.1, 0.15) is 96.4 Å². The number of amides is 1. The van der Waals surface area contributed by atoms with Crippen molar-refractivity contribution in [1.29, 1.82) is 0 Å². The van der Waals surface area contributed by atoms with Crippen LogP contribution in [0.3, 0.4) is 0 Å². The average molecular weight is 765 g/mol. The van der Waals surface area contributed by atoms with E-state index in [1.165, 1.54) is 35.8 Å². The summed E-state index contributed by atoms with van der Waals surface area (Å²) in [6, 6.07) is 9.88. The molecule has 3 heterocycles. The lowest BCUT2D eigenvalue weighted by Gasteiger charge is -2.40. The summed E-state index contributed by atoms with van der Waals surface area (Å²) in [7, 11) is 0. The van der Waals surface area contributed by atoms with Crippen molar-refractivity contribution in [2.75, 3.05) is 39.3 Å². The Morgan fingerprint density at radius 2 is 1.30 bits per heavy atom. The smallest absolute Gasteiger partial charge is 0.419 e. The van der Waals surface area contributed by atoms with Gasteiger partial charge in [0, 0.05) is 44.3 Å². The van der Waals surface area contributed by atoms with Crippen LogP contribution in [0.15, 0.2) is 36.4 Å². The van der Waals surface area contributed by atoms with Crippen molar-refractivity contribution in [3.05, 3.63) is 64.3 Å². The number of ether oxygens (including phenoxy) is 1. The van der Waals surface area contributed by atoms with Crippen molar-refractivity contribution in [2.24, 2.45) is 0 Å². The van der Waals surface area contributed by atoms with Crippen molar-refractivity contribution in [3.63, 3.8) is 0 Å². The number of piperazine rings is 1. The maximum absolute atomic E-state index is 14.6. The number of hydrogen-bond donors (Lipinski definition) is 0. The summed E-state index contributed by atoms with van der Waals surface area (Å²) in [6.45, 7) is 6.49. The van der Waals surface area contributed by atoms with E-state index in [0.29, 0.717) is 49.8 Å². The fraction of sp³-hybridized carbons (Fsp3) is 0.564. The first kappa shape index (κ1) is 39.6. The second-order valence-electron chi connectivity index (χ2n) is 14.7. The summed E-state index contributed by atoms with van der Waals surface area (Å²) in [5, 5.41) is -0.224. The fourth-order valence-electron chi connectivity index (χ4n) is 8.51. The minimum Gasteiger partial charge on any atom is -0.419 e. The maximum Gasteiger partial charge on any atom is 0.493 e. The van der Waals surface area contributed by atoms with Crippen LogP contribution < -0.4 is 9.57 Å². The van der Waals surface area contributed by atoms with Gasteiger partial charge in [0.15, 0.2) is 5.69 Å². The largest absolute Gasteiger partial charge is 0.493 e. The van der Waals surface area contributed by atoms with Gasteiger partial charge in [-0.1, -0.05) is 56.4 Å². The van der Waals surface area contributed by atoms with E-state index in [1.54, 1.807) is 0 Å². The van der Waals surface area contributed by atoms with E-state index in [4.69, 9.17) is 9.57 Å². The van der Waals surface area contributed by atoms with Crippen LogP contribution in [0.4, 0.5) is 26.3 Å². The first-order valence-electron chi connectivity index (χ1n) is 18.7. The summed E-state index contributed by atoms with van der Waals surface area (Å²) in [5.41, 5.74) is 2.79. The van der Waals surface area contributed by atoms with Gasteiger partial charge in [0.05, 0.1) is 10.9 Å². The zero-order valence-corrected chi connectivity index (χ0v) is 30.5. The number of benzene rings is 2. The number of piperidine rings is 1. The van der Waals surface area contributed by atoms with Crippen molar-refractivity contribution in [1.82, 2.24) is 19.4 Å². The lowest BCUT2D eigenvalue weighted by molar-refractivity contribution is -0.199. The molecule has 3 aliphatic rings. The zero-order valence-electron chi connectivity index (χ0n) is 30.5. The van der Waals surface area contributed by atoms with Gasteiger partial charge >= 0.3 is 24.3 Å². The number of nitrogens with zero attached hydrogens (tertiary/aromatic N) is 4. The summed E-state index contributed by atoms with van der Waals surface area (Å²) in [4.78, 5) is 49.7. The van der Waals surface area contributed by atoms with Crippen LogP contribution in [0, 0.1) is 13.8 Å². The first-order valence-corrected chi connectivity index (χ1v) is 18.7. The van der Waals surface area contributed by atoms with Crippen LogP contribution in [-0.2, 0) is 16.1 Å². The van der Waals surface area contributed by atoms with Crippen LogP contribution >= 0.6 is 0 Å². The van der Waals surface area contributed by atoms with Gasteiger partial charge in [-0.3, -0.25) is 14.6 Å². The van der Waals surface area contributed by atoms with Crippen molar-refractivity contribution in [3.8, 4) is 5.75 Å². The highest BCUT2D eigenvalue weighted by Gasteiger charge is 2.45. The molecule has 0 atom stereocenters. The maximum atomic E-state index is 14.6. The first-order chi connectivity index (χ1) is 25.6. The Balaban J connectivity index is 1.38. The van der Waals surface area contributed by atoms with Crippen LogP contribution in [-0.4, -0.2) is 94.9 Å². The van der Waals surface area contributed by atoms with Crippen LogP contribution in [0.5, 0.6) is 5.75 Å². The Kier molecular flexibility index (Phi) is 12.0. The monoisotopic (exact) mass is 764 g/mol. The number of halogens is 6. The van der Waals surface area contributed by atoms with E-state index in [9.17, 15) is 40.7 Å². The van der Waals surface area contributed by atoms with Crippen molar-refractivity contribution >= 4 is 28.7 Å². The normalized spacial score (nSPS) is 19.1. The molecule has 0 spiro atoms. The van der Waals surface area contributed by atoms with Gasteiger partial charge in [0.25, 0.3) is 5.91 Å². The number of likely N-dealkylation sites (tertiary alicyclic amines) is 1. The van der Waals surface area contributed by atoms with Gasteiger partial charge in [0.2, 0.25) is 0 Å². The number of carbonyl (C=O) groups excluding carboxylic acids is 3. The summed E-state index contributed by atoms with van der Waals surface area (Å²) < 4.78 is 86.7. The third-order valence-corrected chi connectivity index (χ3v) is 11.2. The number of alkyl halides is 6. The van der Waals surface area contributed by atoms with Crippen molar-refractivity contribution < 1.29 is 50.3 Å². The highest BCUT2D eigenvalue weighted by Crippen LogP contribution is 2.39. The van der Waals surface area contributed by atoms with E-state index in [1.807, 2.05) is 36.9 Å². The molecule has 54 heavy (non-hydrogen) atoms. The molecule has 2 saturated heterocycles. The molecule has 0 radical (unpaired) electrons. The number of aryl methyl sites for hydroxylation is 2. The molecule has 3 aromatic rings. The molecule has 0 bridgehead atoms. The molecule has 1 amide bonds. The molecular weight excluding hydrogens is 718 g/mol. The molecule has 294 valence electrons. The molecule has 9 nitrogen and oxygen atoms in total. The molecule has 0 unspecified atom stereocenters. The van der Waals surface area contributed by atoms with E-state index in [-0.39, 0.29) is 42.0 Å². The van der Waals surface area contributed by atoms with Gasteiger partial charge in [-0.2, -0.15) is 31.1 Å². The summed E-state index contributed by atoms with van der Waals surface area (Å²) in [5.74, 6) is -6.32. The SMILES string of the molecule is Cc1cccc(C)c1C1CCN(Cc2c(C(=O)N3CCN(C4CCCCCCC4)CC3)n(OC(=O)C(F)(F)F)c3cccc(OC(=O)C(F)(F)F)c23)CC1. The Morgan fingerprint density at radius 1 is 0.722 bits per heavy atom. The molecule has 0 N–H and O–H groups in total.